The van der Waals surface area contributed by atoms with E-state index in [1.807, 2.05) is 32.0 Å². The standard InChI is InChI=1S/C18H21N5O2/c1-13-3-4-14(2)15(9-13)21-18(25)16-10-17(20-11-19-16)23-7-5-22(12-24)6-8-23/h3-4,9-12H,5-8H2,1-2H3,(H,21,25). The highest BCUT2D eigenvalue weighted by Gasteiger charge is 2.18. The summed E-state index contributed by atoms with van der Waals surface area (Å²) in [5.74, 6) is 0.440. The van der Waals surface area contributed by atoms with Crippen molar-refractivity contribution in [2.75, 3.05) is 36.4 Å². The number of carbonyl (C=O) groups excluding carboxylic acids is 2. The van der Waals surface area contributed by atoms with Crippen LogP contribution in [0.5, 0.6) is 0 Å². The van der Waals surface area contributed by atoms with Gasteiger partial charge in [0.2, 0.25) is 6.41 Å². The number of amides is 2. The molecular formula is C18H21N5O2. The van der Waals surface area contributed by atoms with Crippen LogP contribution in [-0.4, -0.2) is 53.4 Å². The van der Waals surface area contributed by atoms with Crippen LogP contribution in [0.1, 0.15) is 21.6 Å². The second kappa shape index (κ2) is 7.29. The fourth-order valence-electron chi connectivity index (χ4n) is 2.76. The van der Waals surface area contributed by atoms with Crippen molar-refractivity contribution in [1.82, 2.24) is 14.9 Å². The number of anilines is 2. The Bertz CT molecular complexity index is 785. The molecule has 1 saturated heterocycles. The molecule has 0 radical (unpaired) electrons. The van der Waals surface area contributed by atoms with Crippen LogP contribution >= 0.6 is 0 Å². The molecule has 0 atom stereocenters. The maximum Gasteiger partial charge on any atom is 0.274 e. The average molecular weight is 339 g/mol. The minimum absolute atomic E-state index is 0.260. The van der Waals surface area contributed by atoms with Gasteiger partial charge in [0.15, 0.2) is 0 Å². The molecule has 130 valence electrons. The van der Waals surface area contributed by atoms with Gasteiger partial charge in [-0.1, -0.05) is 12.1 Å². The summed E-state index contributed by atoms with van der Waals surface area (Å²) < 4.78 is 0. The summed E-state index contributed by atoms with van der Waals surface area (Å²) in [5.41, 5.74) is 3.18. The molecule has 0 aliphatic carbocycles. The van der Waals surface area contributed by atoms with Crippen LogP contribution in [0.2, 0.25) is 0 Å². The molecule has 7 nitrogen and oxygen atoms in total. The van der Waals surface area contributed by atoms with E-state index in [2.05, 4.69) is 20.2 Å². The topological polar surface area (TPSA) is 78.4 Å². The van der Waals surface area contributed by atoms with E-state index in [-0.39, 0.29) is 5.91 Å². The number of nitrogens with zero attached hydrogens (tertiary/aromatic N) is 4. The molecule has 1 aromatic carbocycles. The van der Waals surface area contributed by atoms with E-state index in [1.54, 1.807) is 11.0 Å². The van der Waals surface area contributed by atoms with Crippen LogP contribution in [0, 0.1) is 13.8 Å². The SMILES string of the molecule is Cc1ccc(C)c(NC(=O)c2cc(N3CCN(C=O)CC3)ncn2)c1. The van der Waals surface area contributed by atoms with Crippen LogP contribution < -0.4 is 10.2 Å². The fourth-order valence-corrected chi connectivity index (χ4v) is 2.76. The summed E-state index contributed by atoms with van der Waals surface area (Å²) in [6.07, 6.45) is 2.26. The van der Waals surface area contributed by atoms with E-state index >= 15 is 0 Å². The molecule has 2 amide bonds. The molecule has 3 rings (SSSR count). The zero-order chi connectivity index (χ0) is 17.8. The number of rotatable bonds is 4. The summed E-state index contributed by atoms with van der Waals surface area (Å²) in [7, 11) is 0. The van der Waals surface area contributed by atoms with E-state index in [0.29, 0.717) is 37.7 Å². The van der Waals surface area contributed by atoms with E-state index < -0.39 is 0 Å². The Morgan fingerprint density at radius 1 is 1.12 bits per heavy atom. The van der Waals surface area contributed by atoms with Crippen molar-refractivity contribution in [3.05, 3.63) is 47.4 Å². The Hall–Kier alpha value is -2.96. The van der Waals surface area contributed by atoms with Gasteiger partial charge in [-0.2, -0.15) is 0 Å². The summed E-state index contributed by atoms with van der Waals surface area (Å²) >= 11 is 0. The maximum absolute atomic E-state index is 12.5. The van der Waals surface area contributed by atoms with Crippen molar-refractivity contribution in [1.29, 1.82) is 0 Å². The molecule has 0 spiro atoms. The first-order valence-electron chi connectivity index (χ1n) is 8.22. The van der Waals surface area contributed by atoms with E-state index in [1.165, 1.54) is 6.33 Å². The first-order chi connectivity index (χ1) is 12.1. The molecule has 1 aromatic heterocycles. The van der Waals surface area contributed by atoms with Crippen molar-refractivity contribution in [2.45, 2.75) is 13.8 Å². The molecule has 25 heavy (non-hydrogen) atoms. The lowest BCUT2D eigenvalue weighted by Crippen LogP contribution is -2.46. The van der Waals surface area contributed by atoms with Gasteiger partial charge in [0.05, 0.1) is 0 Å². The highest BCUT2D eigenvalue weighted by Crippen LogP contribution is 2.18. The number of piperazine rings is 1. The smallest absolute Gasteiger partial charge is 0.274 e. The van der Waals surface area contributed by atoms with Gasteiger partial charge in [0.1, 0.15) is 17.8 Å². The number of hydrogen-bond donors (Lipinski definition) is 1. The van der Waals surface area contributed by atoms with Crippen LogP contribution in [0.4, 0.5) is 11.5 Å². The number of hydrogen-bond acceptors (Lipinski definition) is 5. The third kappa shape index (κ3) is 3.93. The molecule has 7 heteroatoms. The third-order valence-electron chi connectivity index (χ3n) is 4.31. The highest BCUT2D eigenvalue weighted by molar-refractivity contribution is 6.03. The molecule has 1 aliphatic heterocycles. The molecule has 1 aliphatic rings. The number of benzene rings is 1. The van der Waals surface area contributed by atoms with E-state index in [4.69, 9.17) is 0 Å². The first kappa shape index (κ1) is 16.9. The molecule has 2 heterocycles. The van der Waals surface area contributed by atoms with Crippen LogP contribution in [0.3, 0.4) is 0 Å². The molecule has 1 N–H and O–H groups in total. The lowest BCUT2D eigenvalue weighted by molar-refractivity contribution is -0.118. The Kier molecular flexibility index (Phi) is 4.92. The summed E-state index contributed by atoms with van der Waals surface area (Å²) in [5, 5.41) is 2.91. The zero-order valence-corrected chi connectivity index (χ0v) is 14.4. The van der Waals surface area contributed by atoms with Crippen molar-refractivity contribution in [2.24, 2.45) is 0 Å². The first-order valence-corrected chi connectivity index (χ1v) is 8.22. The largest absolute Gasteiger partial charge is 0.353 e. The highest BCUT2D eigenvalue weighted by atomic mass is 16.2. The van der Waals surface area contributed by atoms with Crippen molar-refractivity contribution < 1.29 is 9.59 Å². The predicted molar refractivity (Wildman–Crippen MR) is 95.8 cm³/mol. The minimum atomic E-state index is -0.260. The molecule has 0 unspecified atom stereocenters. The third-order valence-corrected chi connectivity index (χ3v) is 4.31. The van der Waals surface area contributed by atoms with Crippen LogP contribution in [0.25, 0.3) is 0 Å². The summed E-state index contributed by atoms with van der Waals surface area (Å²) in [4.78, 5) is 35.5. The Balaban J connectivity index is 1.73. The number of nitrogens with one attached hydrogen (secondary N) is 1. The van der Waals surface area contributed by atoms with E-state index in [9.17, 15) is 9.59 Å². The average Bonchev–Trinajstić information content (AvgIpc) is 2.65. The monoisotopic (exact) mass is 339 g/mol. The van der Waals surface area contributed by atoms with Crippen LogP contribution in [-0.2, 0) is 4.79 Å². The predicted octanol–water partition coefficient (Wildman–Crippen LogP) is 1.62. The number of carbonyl (C=O) groups is 2. The van der Waals surface area contributed by atoms with Gasteiger partial charge in [0.25, 0.3) is 5.91 Å². The summed E-state index contributed by atoms with van der Waals surface area (Å²) in [6.45, 7) is 6.61. The van der Waals surface area contributed by atoms with Gasteiger partial charge in [-0.05, 0) is 31.0 Å². The van der Waals surface area contributed by atoms with Crippen molar-refractivity contribution in [3.8, 4) is 0 Å². The maximum atomic E-state index is 12.5. The van der Waals surface area contributed by atoms with Gasteiger partial charge >= 0.3 is 0 Å². The number of aryl methyl sites for hydroxylation is 2. The summed E-state index contributed by atoms with van der Waals surface area (Å²) in [6, 6.07) is 7.61. The lowest BCUT2D eigenvalue weighted by Gasteiger charge is -2.33. The molecule has 2 aromatic rings. The molecule has 0 bridgehead atoms. The zero-order valence-electron chi connectivity index (χ0n) is 14.4. The van der Waals surface area contributed by atoms with Gasteiger partial charge < -0.3 is 15.1 Å². The van der Waals surface area contributed by atoms with E-state index in [0.717, 1.165) is 23.2 Å². The van der Waals surface area contributed by atoms with Gasteiger partial charge in [0, 0.05) is 37.9 Å². The second-order valence-corrected chi connectivity index (χ2v) is 6.16. The van der Waals surface area contributed by atoms with Gasteiger partial charge in [-0.25, -0.2) is 9.97 Å². The van der Waals surface area contributed by atoms with Gasteiger partial charge in [-0.3, -0.25) is 9.59 Å². The Morgan fingerprint density at radius 3 is 2.60 bits per heavy atom. The number of aromatic nitrogens is 2. The second-order valence-electron chi connectivity index (χ2n) is 6.16. The Labute approximate surface area is 146 Å². The molecular weight excluding hydrogens is 318 g/mol. The fraction of sp³-hybridized carbons (Fsp3) is 0.333. The van der Waals surface area contributed by atoms with Crippen molar-refractivity contribution >= 4 is 23.8 Å². The molecule has 1 fully saturated rings. The normalized spacial score (nSPS) is 14.3. The van der Waals surface area contributed by atoms with Crippen LogP contribution in [0.15, 0.2) is 30.6 Å². The lowest BCUT2D eigenvalue weighted by atomic mass is 10.1. The Morgan fingerprint density at radius 2 is 1.88 bits per heavy atom. The van der Waals surface area contributed by atoms with Gasteiger partial charge in [-0.15, -0.1) is 0 Å². The molecule has 0 saturated carbocycles. The quantitative estimate of drug-likeness (QED) is 0.857. The van der Waals surface area contributed by atoms with Crippen molar-refractivity contribution in [3.63, 3.8) is 0 Å². The minimum Gasteiger partial charge on any atom is -0.353 e.